The molecule has 0 saturated carbocycles. The van der Waals surface area contributed by atoms with E-state index in [0.29, 0.717) is 5.56 Å². The molecule has 0 fully saturated rings. The molecular weight excluding hydrogens is 304 g/mol. The zero-order chi connectivity index (χ0) is 17.4. The summed E-state index contributed by atoms with van der Waals surface area (Å²) in [6.07, 6.45) is 0.823. The number of anilines is 1. The summed E-state index contributed by atoms with van der Waals surface area (Å²) in [6, 6.07) is 16.7. The molecule has 0 heterocycles. The zero-order valence-electron chi connectivity index (χ0n) is 13.9. The average molecular weight is 326 g/mol. The normalized spacial score (nSPS) is 11.4. The largest absolute Gasteiger partial charge is 0.465 e. The quantitative estimate of drug-likeness (QED) is 0.767. The number of amides is 1. The molecule has 0 spiro atoms. The second-order valence-electron chi connectivity index (χ2n) is 5.36. The van der Waals surface area contributed by atoms with Crippen LogP contribution in [-0.2, 0) is 9.53 Å². The van der Waals surface area contributed by atoms with Gasteiger partial charge >= 0.3 is 5.97 Å². The number of benzene rings is 2. The van der Waals surface area contributed by atoms with Crippen molar-refractivity contribution < 1.29 is 14.3 Å². The first kappa shape index (κ1) is 17.5. The highest BCUT2D eigenvalue weighted by molar-refractivity contribution is 5.89. The molecule has 5 heteroatoms. The smallest absolute Gasteiger partial charge is 0.337 e. The first-order valence-corrected chi connectivity index (χ1v) is 7.90. The molecule has 0 aliphatic rings. The van der Waals surface area contributed by atoms with Crippen LogP contribution >= 0.6 is 0 Å². The molecule has 2 rings (SSSR count). The lowest BCUT2D eigenvalue weighted by molar-refractivity contribution is -0.120. The van der Waals surface area contributed by atoms with E-state index in [9.17, 15) is 9.59 Å². The molecule has 0 bridgehead atoms. The van der Waals surface area contributed by atoms with Crippen LogP contribution in [0.5, 0.6) is 0 Å². The minimum Gasteiger partial charge on any atom is -0.465 e. The van der Waals surface area contributed by atoms with Crippen LogP contribution in [0.25, 0.3) is 0 Å². The van der Waals surface area contributed by atoms with Gasteiger partial charge in [-0.15, -0.1) is 0 Å². The highest BCUT2D eigenvalue weighted by Crippen LogP contribution is 2.16. The lowest BCUT2D eigenvalue weighted by Gasteiger charge is -2.18. The Bertz CT molecular complexity index is 669. The van der Waals surface area contributed by atoms with Gasteiger partial charge in [-0.1, -0.05) is 37.3 Å². The summed E-state index contributed by atoms with van der Waals surface area (Å²) in [4.78, 5) is 23.5. The Morgan fingerprint density at radius 3 is 2.29 bits per heavy atom. The Kier molecular flexibility index (Phi) is 6.37. The fraction of sp³-hybridized carbons (Fsp3) is 0.263. The van der Waals surface area contributed by atoms with E-state index >= 15 is 0 Å². The first-order chi connectivity index (χ1) is 11.6. The predicted octanol–water partition coefficient (Wildman–Crippen LogP) is 3.15. The molecule has 2 aromatic carbocycles. The van der Waals surface area contributed by atoms with Crippen LogP contribution in [0.4, 0.5) is 5.69 Å². The van der Waals surface area contributed by atoms with Gasteiger partial charge in [-0.05, 0) is 36.2 Å². The van der Waals surface area contributed by atoms with Crippen molar-refractivity contribution in [1.82, 2.24) is 5.32 Å². The molecule has 0 radical (unpaired) electrons. The molecule has 1 unspecified atom stereocenters. The Morgan fingerprint density at radius 1 is 1.04 bits per heavy atom. The summed E-state index contributed by atoms with van der Waals surface area (Å²) in [5, 5.41) is 6.06. The van der Waals surface area contributed by atoms with Crippen LogP contribution in [0.15, 0.2) is 54.6 Å². The van der Waals surface area contributed by atoms with Crippen molar-refractivity contribution in [2.45, 2.75) is 19.4 Å². The van der Waals surface area contributed by atoms with E-state index in [1.807, 2.05) is 37.3 Å². The summed E-state index contributed by atoms with van der Waals surface area (Å²) in [7, 11) is 1.34. The number of carbonyl (C=O) groups is 2. The van der Waals surface area contributed by atoms with Gasteiger partial charge in [0, 0.05) is 5.69 Å². The van der Waals surface area contributed by atoms with Crippen LogP contribution in [0.3, 0.4) is 0 Å². The second kappa shape index (κ2) is 8.72. The van der Waals surface area contributed by atoms with Gasteiger partial charge in [0.05, 0.1) is 25.3 Å². The fourth-order valence-electron chi connectivity index (χ4n) is 2.38. The number of rotatable bonds is 7. The summed E-state index contributed by atoms with van der Waals surface area (Å²) < 4.78 is 4.65. The maximum atomic E-state index is 12.1. The number of ether oxygens (including phenoxy) is 1. The molecular formula is C19H22N2O3. The molecule has 5 nitrogen and oxygen atoms in total. The maximum Gasteiger partial charge on any atom is 0.337 e. The van der Waals surface area contributed by atoms with E-state index in [2.05, 4.69) is 15.4 Å². The molecule has 0 aliphatic heterocycles. The van der Waals surface area contributed by atoms with Gasteiger partial charge in [0.15, 0.2) is 0 Å². The Hall–Kier alpha value is -2.82. The lowest BCUT2D eigenvalue weighted by Crippen LogP contribution is -2.33. The Morgan fingerprint density at radius 2 is 1.71 bits per heavy atom. The van der Waals surface area contributed by atoms with Crippen LogP contribution in [-0.4, -0.2) is 25.5 Å². The van der Waals surface area contributed by atoms with Gasteiger partial charge in [-0.2, -0.15) is 0 Å². The predicted molar refractivity (Wildman–Crippen MR) is 93.9 cm³/mol. The first-order valence-electron chi connectivity index (χ1n) is 7.90. The topological polar surface area (TPSA) is 67.4 Å². The molecule has 2 N–H and O–H groups in total. The molecule has 1 atom stereocenters. The molecule has 0 aromatic heterocycles. The van der Waals surface area contributed by atoms with Crippen LogP contribution in [0.1, 0.15) is 35.3 Å². The van der Waals surface area contributed by atoms with E-state index in [-0.39, 0.29) is 24.5 Å². The van der Waals surface area contributed by atoms with Gasteiger partial charge in [0.25, 0.3) is 0 Å². The minimum atomic E-state index is -0.382. The van der Waals surface area contributed by atoms with Gasteiger partial charge in [-0.25, -0.2) is 4.79 Å². The van der Waals surface area contributed by atoms with Crippen molar-refractivity contribution in [2.75, 3.05) is 19.0 Å². The third kappa shape index (κ3) is 4.84. The van der Waals surface area contributed by atoms with Gasteiger partial charge in [0.1, 0.15) is 0 Å². The van der Waals surface area contributed by atoms with Crippen molar-refractivity contribution in [2.24, 2.45) is 0 Å². The van der Waals surface area contributed by atoms with Gasteiger partial charge in [-0.3, -0.25) is 4.79 Å². The summed E-state index contributed by atoms with van der Waals surface area (Å²) >= 11 is 0. The molecule has 0 saturated heterocycles. The highest BCUT2D eigenvalue weighted by Gasteiger charge is 2.12. The van der Waals surface area contributed by atoms with E-state index in [0.717, 1.165) is 17.7 Å². The molecule has 0 aliphatic carbocycles. The monoisotopic (exact) mass is 326 g/mol. The van der Waals surface area contributed by atoms with E-state index in [1.165, 1.54) is 7.11 Å². The molecule has 24 heavy (non-hydrogen) atoms. The number of nitrogens with one attached hydrogen (secondary N) is 2. The lowest BCUT2D eigenvalue weighted by atomic mass is 10.0. The van der Waals surface area contributed by atoms with Gasteiger partial charge in [0.2, 0.25) is 5.91 Å². The third-order valence-corrected chi connectivity index (χ3v) is 3.70. The molecule has 1 amide bonds. The van der Waals surface area contributed by atoms with Crippen LogP contribution in [0.2, 0.25) is 0 Å². The van der Waals surface area contributed by atoms with Crippen molar-refractivity contribution in [3.63, 3.8) is 0 Å². The van der Waals surface area contributed by atoms with Crippen molar-refractivity contribution >= 4 is 17.6 Å². The van der Waals surface area contributed by atoms with E-state index in [4.69, 9.17) is 0 Å². The van der Waals surface area contributed by atoms with Crippen molar-refractivity contribution in [1.29, 1.82) is 0 Å². The van der Waals surface area contributed by atoms with E-state index in [1.54, 1.807) is 24.3 Å². The van der Waals surface area contributed by atoms with Crippen LogP contribution in [0, 0.1) is 0 Å². The van der Waals surface area contributed by atoms with Gasteiger partial charge < -0.3 is 15.4 Å². The SMILES string of the molecule is CCC(NC(=O)CNc1ccc(C(=O)OC)cc1)c1ccccc1. The number of methoxy groups -OCH3 is 1. The third-order valence-electron chi connectivity index (χ3n) is 3.70. The Labute approximate surface area is 142 Å². The van der Waals surface area contributed by atoms with Crippen LogP contribution < -0.4 is 10.6 Å². The average Bonchev–Trinajstić information content (AvgIpc) is 2.65. The second-order valence-corrected chi connectivity index (χ2v) is 5.36. The number of esters is 1. The zero-order valence-corrected chi connectivity index (χ0v) is 13.9. The minimum absolute atomic E-state index is 0.00204. The fourth-order valence-corrected chi connectivity index (χ4v) is 2.38. The summed E-state index contributed by atoms with van der Waals surface area (Å²) in [5.41, 5.74) is 2.34. The number of hydrogen-bond acceptors (Lipinski definition) is 4. The number of hydrogen-bond donors (Lipinski definition) is 2. The highest BCUT2D eigenvalue weighted by atomic mass is 16.5. The maximum absolute atomic E-state index is 12.1. The number of carbonyl (C=O) groups excluding carboxylic acids is 2. The molecule has 126 valence electrons. The van der Waals surface area contributed by atoms with Crippen molar-refractivity contribution in [3.05, 3.63) is 65.7 Å². The molecule has 2 aromatic rings. The summed E-state index contributed by atoms with van der Waals surface area (Å²) in [5.74, 6) is -0.462. The summed E-state index contributed by atoms with van der Waals surface area (Å²) in [6.45, 7) is 2.21. The van der Waals surface area contributed by atoms with E-state index < -0.39 is 0 Å². The van der Waals surface area contributed by atoms with Crippen molar-refractivity contribution in [3.8, 4) is 0 Å². The standard InChI is InChI=1S/C19H22N2O3/c1-3-17(14-7-5-4-6-8-14)21-18(22)13-20-16-11-9-15(10-12-16)19(23)24-2/h4-12,17,20H,3,13H2,1-2H3,(H,21,22). The Balaban J connectivity index is 1.87.